The fourth-order valence-corrected chi connectivity index (χ4v) is 5.26. The van der Waals surface area contributed by atoms with Crippen molar-refractivity contribution in [2.24, 2.45) is 0 Å². The number of methoxy groups -OCH3 is 1. The molecule has 36 heavy (non-hydrogen) atoms. The molecule has 0 saturated carbocycles. The molecule has 7 nitrogen and oxygen atoms in total. The Morgan fingerprint density at radius 3 is 2.44 bits per heavy atom. The number of hydrogen-bond donors (Lipinski definition) is 1. The minimum Gasteiger partial charge on any atom is -0.466 e. The highest BCUT2D eigenvalue weighted by atomic mass is 32.1. The summed E-state index contributed by atoms with van der Waals surface area (Å²) >= 11 is 1.51. The van der Waals surface area contributed by atoms with Crippen molar-refractivity contribution in [3.8, 4) is 0 Å². The molecule has 1 aromatic carbocycles. The van der Waals surface area contributed by atoms with Crippen molar-refractivity contribution in [2.45, 2.75) is 33.2 Å². The van der Waals surface area contributed by atoms with Crippen LogP contribution < -0.4 is 5.32 Å². The van der Waals surface area contributed by atoms with Crippen LogP contribution in [-0.2, 0) is 25.6 Å². The van der Waals surface area contributed by atoms with Gasteiger partial charge in [0.1, 0.15) is 6.61 Å². The van der Waals surface area contributed by atoms with Gasteiger partial charge < -0.3 is 19.4 Å². The fraction of sp³-hybridized carbons (Fsp3) is 0.250. The molecule has 1 aliphatic rings. The zero-order chi connectivity index (χ0) is 25.7. The van der Waals surface area contributed by atoms with Crippen molar-refractivity contribution in [3.05, 3.63) is 105 Å². The number of allylic oxidation sites excluding steroid dienone is 2. The molecule has 0 bridgehead atoms. The van der Waals surface area contributed by atoms with Crippen molar-refractivity contribution in [1.29, 1.82) is 0 Å². The van der Waals surface area contributed by atoms with Gasteiger partial charge in [0.2, 0.25) is 0 Å². The van der Waals surface area contributed by atoms with Crippen molar-refractivity contribution >= 4 is 29.4 Å². The number of imidazole rings is 1. The van der Waals surface area contributed by atoms with E-state index in [0.717, 1.165) is 22.5 Å². The molecule has 2 aromatic heterocycles. The zero-order valence-corrected chi connectivity index (χ0v) is 21.6. The maximum Gasteiger partial charge on any atom is 0.337 e. The molecule has 4 rings (SSSR count). The lowest BCUT2D eigenvalue weighted by atomic mass is 9.84. The highest BCUT2D eigenvalue weighted by Crippen LogP contribution is 2.41. The largest absolute Gasteiger partial charge is 0.466 e. The highest BCUT2D eigenvalue weighted by Gasteiger charge is 2.38. The summed E-state index contributed by atoms with van der Waals surface area (Å²) in [5, 5.41) is 5.16. The molecular formula is C28H29N3O4S. The summed E-state index contributed by atoms with van der Waals surface area (Å²) in [4.78, 5) is 30.9. The molecule has 3 heterocycles. The molecule has 0 saturated heterocycles. The number of carbonyl (C=O) groups excluding carboxylic acids is 2. The average molecular weight is 504 g/mol. The molecule has 186 valence electrons. The SMILES string of the molecule is COC(=O)C1=C(C)NC(C)=C(C(=O)OCC=Cc2ccc(Cn3ccnc3)cc2)C1c1cc(C)cs1. The number of nitrogens with zero attached hydrogens (tertiary/aromatic N) is 2. The number of thiophene rings is 1. The van der Waals surface area contributed by atoms with Crippen LogP contribution in [0.2, 0.25) is 0 Å². The number of nitrogens with one attached hydrogen (secondary N) is 1. The maximum absolute atomic E-state index is 13.2. The number of ether oxygens (including phenoxy) is 2. The smallest absolute Gasteiger partial charge is 0.337 e. The maximum atomic E-state index is 13.2. The first-order chi connectivity index (χ1) is 17.4. The normalized spacial score (nSPS) is 15.8. The van der Waals surface area contributed by atoms with E-state index in [1.807, 2.05) is 67.3 Å². The number of esters is 2. The molecule has 0 aliphatic carbocycles. The van der Waals surface area contributed by atoms with Gasteiger partial charge in [-0.05, 0) is 55.0 Å². The number of carbonyl (C=O) groups is 2. The number of aryl methyl sites for hydroxylation is 1. The number of benzene rings is 1. The van der Waals surface area contributed by atoms with Crippen LogP contribution in [0.1, 0.15) is 41.3 Å². The summed E-state index contributed by atoms with van der Waals surface area (Å²) in [7, 11) is 1.34. The zero-order valence-electron chi connectivity index (χ0n) is 20.8. The van der Waals surface area contributed by atoms with Gasteiger partial charge >= 0.3 is 11.9 Å². The topological polar surface area (TPSA) is 82.5 Å². The third-order valence-corrected chi connectivity index (χ3v) is 7.06. The minimum absolute atomic E-state index is 0.110. The summed E-state index contributed by atoms with van der Waals surface area (Å²) in [5.41, 5.74) is 5.42. The standard InChI is InChI=1S/C28H29N3O4S/c1-18-14-23(36-16-18)26-24(27(32)34-4)19(2)30-20(3)25(26)28(33)35-13-5-6-21-7-9-22(10-8-21)15-31-12-11-29-17-31/h5-12,14,16-17,26,30H,13,15H2,1-4H3. The monoisotopic (exact) mass is 503 g/mol. The summed E-state index contributed by atoms with van der Waals surface area (Å²) in [5.74, 6) is -1.48. The molecule has 0 radical (unpaired) electrons. The summed E-state index contributed by atoms with van der Waals surface area (Å²) in [6, 6.07) is 10.2. The second kappa shape index (κ2) is 11.2. The minimum atomic E-state index is -0.545. The van der Waals surface area contributed by atoms with Crippen LogP contribution >= 0.6 is 11.3 Å². The Morgan fingerprint density at radius 2 is 1.83 bits per heavy atom. The van der Waals surface area contributed by atoms with Crippen molar-refractivity contribution in [2.75, 3.05) is 13.7 Å². The summed E-state index contributed by atoms with van der Waals surface area (Å²) in [6.07, 6.45) is 9.20. The lowest BCUT2D eigenvalue weighted by Gasteiger charge is -2.29. The lowest BCUT2D eigenvalue weighted by molar-refractivity contribution is -0.138. The van der Waals surface area contributed by atoms with E-state index >= 15 is 0 Å². The number of hydrogen-bond acceptors (Lipinski definition) is 7. The molecule has 8 heteroatoms. The number of dihydropyridines is 1. The molecule has 0 amide bonds. The molecule has 1 aliphatic heterocycles. The number of aromatic nitrogens is 2. The Hall–Kier alpha value is -3.91. The third kappa shape index (κ3) is 5.66. The van der Waals surface area contributed by atoms with E-state index in [9.17, 15) is 9.59 Å². The van der Waals surface area contributed by atoms with Crippen LogP contribution in [0, 0.1) is 6.92 Å². The van der Waals surface area contributed by atoms with Gasteiger partial charge in [0, 0.05) is 35.2 Å². The van der Waals surface area contributed by atoms with Crippen molar-refractivity contribution in [1.82, 2.24) is 14.9 Å². The Bertz CT molecular complexity index is 1330. The molecular weight excluding hydrogens is 474 g/mol. The van der Waals surface area contributed by atoms with Gasteiger partial charge in [-0.3, -0.25) is 0 Å². The Morgan fingerprint density at radius 1 is 1.11 bits per heavy atom. The summed E-state index contributed by atoms with van der Waals surface area (Å²) < 4.78 is 12.7. The average Bonchev–Trinajstić information content (AvgIpc) is 3.53. The van der Waals surface area contributed by atoms with E-state index in [4.69, 9.17) is 9.47 Å². The molecule has 1 N–H and O–H groups in total. The molecule has 0 fully saturated rings. The quantitative estimate of drug-likeness (QED) is 0.437. The van der Waals surface area contributed by atoms with Crippen molar-refractivity contribution < 1.29 is 19.1 Å². The van der Waals surface area contributed by atoms with Crippen LogP contribution in [0.5, 0.6) is 0 Å². The van der Waals surface area contributed by atoms with E-state index in [1.54, 1.807) is 12.5 Å². The van der Waals surface area contributed by atoms with E-state index in [0.29, 0.717) is 22.5 Å². The Kier molecular flexibility index (Phi) is 7.85. The van der Waals surface area contributed by atoms with Gasteiger partial charge in [-0.25, -0.2) is 14.6 Å². The molecule has 3 aromatic rings. The molecule has 1 atom stereocenters. The van der Waals surface area contributed by atoms with Crippen LogP contribution in [-0.4, -0.2) is 35.2 Å². The van der Waals surface area contributed by atoms with Gasteiger partial charge in [-0.1, -0.05) is 30.3 Å². The van der Waals surface area contributed by atoms with Gasteiger partial charge in [-0.2, -0.15) is 0 Å². The predicted octanol–water partition coefficient (Wildman–Crippen LogP) is 4.97. The first-order valence-electron chi connectivity index (χ1n) is 11.6. The van der Waals surface area contributed by atoms with Crippen LogP contribution in [0.25, 0.3) is 6.08 Å². The molecule has 0 spiro atoms. The van der Waals surface area contributed by atoms with Crippen LogP contribution in [0.15, 0.2) is 83.0 Å². The fourth-order valence-electron chi connectivity index (χ4n) is 4.25. The van der Waals surface area contributed by atoms with Gasteiger partial charge in [0.15, 0.2) is 0 Å². The second-order valence-corrected chi connectivity index (χ2v) is 9.57. The van der Waals surface area contributed by atoms with Crippen LogP contribution in [0.3, 0.4) is 0 Å². The molecule has 1 unspecified atom stereocenters. The Balaban J connectivity index is 1.45. The third-order valence-electron chi connectivity index (χ3n) is 5.95. The summed E-state index contributed by atoms with van der Waals surface area (Å²) in [6.45, 7) is 6.49. The second-order valence-electron chi connectivity index (χ2n) is 8.63. The van der Waals surface area contributed by atoms with Gasteiger partial charge in [-0.15, -0.1) is 11.3 Å². The first kappa shape index (κ1) is 25.2. The van der Waals surface area contributed by atoms with Gasteiger partial charge in [0.25, 0.3) is 0 Å². The number of rotatable bonds is 8. The van der Waals surface area contributed by atoms with E-state index < -0.39 is 17.9 Å². The Labute approximate surface area is 214 Å². The highest BCUT2D eigenvalue weighted by molar-refractivity contribution is 7.10. The van der Waals surface area contributed by atoms with E-state index in [2.05, 4.69) is 22.4 Å². The van der Waals surface area contributed by atoms with Gasteiger partial charge in [0.05, 0.1) is 30.5 Å². The first-order valence-corrected chi connectivity index (χ1v) is 12.5. The van der Waals surface area contributed by atoms with Crippen molar-refractivity contribution in [3.63, 3.8) is 0 Å². The lowest BCUT2D eigenvalue weighted by Crippen LogP contribution is -2.32. The van der Waals surface area contributed by atoms with E-state index in [-0.39, 0.29) is 6.61 Å². The predicted molar refractivity (Wildman–Crippen MR) is 140 cm³/mol. The van der Waals surface area contributed by atoms with Crippen LogP contribution in [0.4, 0.5) is 0 Å². The van der Waals surface area contributed by atoms with E-state index in [1.165, 1.54) is 24.0 Å².